The number of piperidine rings is 1. The topological polar surface area (TPSA) is 156 Å². The molecule has 1 aromatic heterocycles. The first-order chi connectivity index (χ1) is 13.6. The number of amides is 1. The molecule has 1 unspecified atom stereocenters. The molecule has 0 bridgehead atoms. The van der Waals surface area contributed by atoms with E-state index in [-0.39, 0.29) is 11.4 Å². The van der Waals surface area contributed by atoms with Gasteiger partial charge in [0.05, 0.1) is 18.0 Å². The maximum absolute atomic E-state index is 13.5. The van der Waals surface area contributed by atoms with Crippen LogP contribution in [0.25, 0.3) is 0 Å². The van der Waals surface area contributed by atoms with E-state index in [0.29, 0.717) is 31.7 Å². The average Bonchev–Trinajstić information content (AvgIpc) is 2.69. The Morgan fingerprint density at radius 1 is 1.31 bits per heavy atom. The van der Waals surface area contributed by atoms with E-state index < -0.39 is 41.4 Å². The van der Waals surface area contributed by atoms with Crippen LogP contribution < -0.4 is 21.4 Å². The summed E-state index contributed by atoms with van der Waals surface area (Å²) in [5.74, 6) is -4.04. The minimum atomic E-state index is -4.89. The third-order valence-corrected chi connectivity index (χ3v) is 5.12. The fraction of sp³-hybridized carbons (Fsp3) is 0.471. The summed E-state index contributed by atoms with van der Waals surface area (Å²) in [7, 11) is 0. The molecule has 6 N–H and O–H groups in total. The van der Waals surface area contributed by atoms with E-state index in [1.54, 1.807) is 0 Å². The zero-order valence-corrected chi connectivity index (χ0v) is 15.1. The van der Waals surface area contributed by atoms with Crippen LogP contribution in [0, 0.1) is 23.2 Å². The van der Waals surface area contributed by atoms with Gasteiger partial charge >= 0.3 is 12.1 Å². The maximum atomic E-state index is 13.5. The van der Waals surface area contributed by atoms with Crippen LogP contribution in [-0.2, 0) is 4.79 Å². The number of carbonyl (C=O) groups is 1. The summed E-state index contributed by atoms with van der Waals surface area (Å²) in [5, 5.41) is 18.6. The number of nitrogens with one attached hydrogen (secondary N) is 1. The Morgan fingerprint density at radius 2 is 1.97 bits per heavy atom. The molecule has 0 spiro atoms. The molecule has 1 saturated heterocycles. The Bertz CT molecular complexity index is 897. The fourth-order valence-electron chi connectivity index (χ4n) is 3.61. The first-order valence-electron chi connectivity index (χ1n) is 8.78. The van der Waals surface area contributed by atoms with Crippen molar-refractivity contribution in [1.29, 1.82) is 5.26 Å². The van der Waals surface area contributed by atoms with Crippen LogP contribution in [0.3, 0.4) is 0 Å². The Balaban J connectivity index is 1.83. The van der Waals surface area contributed by atoms with E-state index in [1.165, 1.54) is 12.4 Å². The Hall–Kier alpha value is -3.20. The molecule has 1 fully saturated rings. The molecule has 0 aliphatic carbocycles. The third kappa shape index (κ3) is 4.00. The number of aromatic nitrogens is 2. The number of halogens is 3. The molecule has 2 aliphatic heterocycles. The van der Waals surface area contributed by atoms with Gasteiger partial charge in [0.25, 0.3) is 5.84 Å². The highest BCUT2D eigenvalue weighted by Crippen LogP contribution is 2.38. The molecule has 0 saturated carbocycles. The molecule has 9 nitrogen and oxygen atoms in total. The number of aliphatic hydroxyl groups excluding tert-OH is 1. The van der Waals surface area contributed by atoms with E-state index in [0.717, 1.165) is 0 Å². The van der Waals surface area contributed by atoms with Gasteiger partial charge in [-0.25, -0.2) is 19.8 Å². The molecule has 12 heteroatoms. The summed E-state index contributed by atoms with van der Waals surface area (Å²) in [5.41, 5.74) is 11.3. The zero-order valence-electron chi connectivity index (χ0n) is 15.1. The van der Waals surface area contributed by atoms with Crippen molar-refractivity contribution in [2.75, 3.05) is 18.0 Å². The maximum Gasteiger partial charge on any atom is 0.399 e. The normalized spacial score (nSPS) is 25.4. The van der Waals surface area contributed by atoms with Crippen LogP contribution >= 0.6 is 0 Å². The number of aliphatic hydroxyl groups is 1. The summed E-state index contributed by atoms with van der Waals surface area (Å²) in [6.07, 6.45) is -3.57. The van der Waals surface area contributed by atoms with Gasteiger partial charge in [-0.05, 0) is 12.8 Å². The minimum absolute atomic E-state index is 0.0885. The number of hydrogen-bond acceptors (Lipinski definition) is 8. The van der Waals surface area contributed by atoms with Gasteiger partial charge in [-0.3, -0.25) is 5.73 Å². The van der Waals surface area contributed by atoms with Crippen LogP contribution in [0.2, 0.25) is 0 Å². The number of nitrogens with zero attached hydrogens (tertiary/aromatic N) is 4. The van der Waals surface area contributed by atoms with Crippen molar-refractivity contribution in [1.82, 2.24) is 9.97 Å². The molecule has 3 rings (SSSR count). The number of alkyl halides is 3. The molecule has 1 amide bonds. The molecular weight excluding hydrogens is 391 g/mol. The monoisotopic (exact) mass is 410 g/mol. The number of hydrogen-bond donors (Lipinski definition) is 4. The summed E-state index contributed by atoms with van der Waals surface area (Å²) in [4.78, 5) is 23.6. The van der Waals surface area contributed by atoms with Gasteiger partial charge in [0, 0.05) is 24.7 Å². The first-order valence-corrected chi connectivity index (χ1v) is 8.78. The van der Waals surface area contributed by atoms with Gasteiger partial charge in [0.2, 0.25) is 0 Å². The molecule has 1 aromatic rings. The summed E-state index contributed by atoms with van der Waals surface area (Å²) in [6.45, 7) is 0.898. The predicted molar refractivity (Wildman–Crippen MR) is 93.6 cm³/mol. The summed E-state index contributed by atoms with van der Waals surface area (Å²) in [6, 6.07) is 1.87. The zero-order chi connectivity index (χ0) is 21.3. The van der Waals surface area contributed by atoms with Gasteiger partial charge in [-0.15, -0.1) is 0 Å². The SMILES string of the molecule is N#Cc1cnc(N2CCC(C(N)=C3C(N)=[NH+]C(=O)[C@H](O)C3C(F)(F)F)CC2)cn1. The van der Waals surface area contributed by atoms with Crippen molar-refractivity contribution in [3.05, 3.63) is 29.4 Å². The molecule has 29 heavy (non-hydrogen) atoms. The minimum Gasteiger partial charge on any atom is -0.401 e. The van der Waals surface area contributed by atoms with Crippen molar-refractivity contribution < 1.29 is 28.1 Å². The Kier molecular flexibility index (Phi) is 5.43. The highest BCUT2D eigenvalue weighted by Gasteiger charge is 2.55. The highest BCUT2D eigenvalue weighted by molar-refractivity contribution is 5.99. The molecule has 2 atom stereocenters. The quantitative estimate of drug-likeness (QED) is 0.449. The predicted octanol–water partition coefficient (Wildman–Crippen LogP) is -1.71. The lowest BCUT2D eigenvalue weighted by atomic mass is 9.82. The van der Waals surface area contributed by atoms with Crippen LogP contribution in [0.5, 0.6) is 0 Å². The van der Waals surface area contributed by atoms with E-state index in [1.807, 2.05) is 11.0 Å². The molecule has 3 heterocycles. The number of nitriles is 1. The fourth-order valence-corrected chi connectivity index (χ4v) is 3.61. The van der Waals surface area contributed by atoms with Crippen molar-refractivity contribution in [3.8, 4) is 6.07 Å². The van der Waals surface area contributed by atoms with Gasteiger partial charge in [-0.2, -0.15) is 18.4 Å². The first kappa shape index (κ1) is 20.5. The molecule has 0 radical (unpaired) electrons. The number of amidine groups is 1. The van der Waals surface area contributed by atoms with Gasteiger partial charge in [0.15, 0.2) is 11.8 Å². The largest absolute Gasteiger partial charge is 0.401 e. The van der Waals surface area contributed by atoms with Crippen molar-refractivity contribution in [2.45, 2.75) is 25.1 Å². The second kappa shape index (κ2) is 7.67. The highest BCUT2D eigenvalue weighted by atomic mass is 19.4. The van der Waals surface area contributed by atoms with Crippen LogP contribution in [0.15, 0.2) is 23.7 Å². The van der Waals surface area contributed by atoms with E-state index in [2.05, 4.69) is 15.0 Å². The van der Waals surface area contributed by atoms with Gasteiger partial charge < -0.3 is 15.7 Å². The molecule has 0 aromatic carbocycles. The average molecular weight is 410 g/mol. The summed E-state index contributed by atoms with van der Waals surface area (Å²) >= 11 is 0. The molecule has 2 aliphatic rings. The standard InChI is InChI=1S/C17H18F3N7O2/c18-17(19,20)12-11(15(23)26-16(29)14(12)28)13(22)8-1-3-27(4-2-8)10-7-24-9(5-21)6-25-10/h6-8,12,14,28H,1-4,22H2,(H2,23,26,29)/p+1/t12?,14-/m1/s1. The lowest BCUT2D eigenvalue weighted by molar-refractivity contribution is -0.395. The number of rotatable bonds is 2. The van der Waals surface area contributed by atoms with Crippen LogP contribution in [0.1, 0.15) is 18.5 Å². The molecular formula is C17H19F3N7O2+. The Labute approximate surface area is 163 Å². The lowest BCUT2D eigenvalue weighted by Crippen LogP contribution is -2.86. The van der Waals surface area contributed by atoms with Crippen molar-refractivity contribution in [2.24, 2.45) is 23.3 Å². The van der Waals surface area contributed by atoms with E-state index in [4.69, 9.17) is 16.7 Å². The second-order valence-electron chi connectivity index (χ2n) is 6.87. The lowest BCUT2D eigenvalue weighted by Gasteiger charge is -2.35. The van der Waals surface area contributed by atoms with Crippen LogP contribution in [0.4, 0.5) is 19.0 Å². The second-order valence-corrected chi connectivity index (χ2v) is 6.87. The smallest absolute Gasteiger partial charge is 0.399 e. The van der Waals surface area contributed by atoms with Crippen LogP contribution in [-0.4, -0.2) is 52.2 Å². The number of anilines is 1. The molecule has 154 valence electrons. The van der Waals surface area contributed by atoms with Gasteiger partial charge in [0.1, 0.15) is 17.8 Å². The number of carbonyl (C=O) groups excluding carboxylic acids is 1. The number of nitrogens with two attached hydrogens (primary N) is 2. The summed E-state index contributed by atoms with van der Waals surface area (Å²) < 4.78 is 40.5. The Morgan fingerprint density at radius 3 is 2.48 bits per heavy atom. The van der Waals surface area contributed by atoms with Gasteiger partial charge in [-0.1, -0.05) is 0 Å². The number of allylic oxidation sites excluding steroid dienone is 1. The van der Waals surface area contributed by atoms with Crippen molar-refractivity contribution in [3.63, 3.8) is 0 Å². The van der Waals surface area contributed by atoms with E-state index in [9.17, 15) is 23.1 Å². The van der Waals surface area contributed by atoms with E-state index >= 15 is 0 Å². The van der Waals surface area contributed by atoms with Crippen molar-refractivity contribution >= 4 is 17.6 Å². The third-order valence-electron chi connectivity index (χ3n) is 5.12.